The highest BCUT2D eigenvalue weighted by Crippen LogP contribution is 2.18. The van der Waals surface area contributed by atoms with Gasteiger partial charge in [0.25, 0.3) is 5.91 Å². The normalized spacial score (nSPS) is 18.6. The summed E-state index contributed by atoms with van der Waals surface area (Å²) in [7, 11) is 0. The number of amides is 1. The number of pyridine rings is 1. The number of primary amides is 1. The molecule has 0 spiro atoms. The Kier molecular flexibility index (Phi) is 3.15. The predicted molar refractivity (Wildman–Crippen MR) is 62.8 cm³/mol. The van der Waals surface area contributed by atoms with Gasteiger partial charge in [-0.05, 0) is 30.9 Å². The van der Waals surface area contributed by atoms with Gasteiger partial charge in [-0.1, -0.05) is 24.3 Å². The molecule has 0 bridgehead atoms. The van der Waals surface area contributed by atoms with Crippen LogP contribution in [0.5, 0.6) is 0 Å². The lowest BCUT2D eigenvalue weighted by Gasteiger charge is -2.13. The highest BCUT2D eigenvalue weighted by molar-refractivity contribution is 5.93. The van der Waals surface area contributed by atoms with Crippen molar-refractivity contribution in [3.8, 4) is 0 Å². The number of hydrogen-bond donors (Lipinski definition) is 1. The standard InChI is InChI=1S/C13H14N2O/c14-13(16)11-7-4-8-15-12(11)9-10-5-2-1-3-6-10/h1-5,7-8,10H,6,9H2,(H2,14,16). The van der Waals surface area contributed by atoms with Crippen LogP contribution in [0.25, 0.3) is 0 Å². The Morgan fingerprint density at radius 1 is 1.50 bits per heavy atom. The molecule has 3 nitrogen and oxygen atoms in total. The third-order valence-corrected chi connectivity index (χ3v) is 2.68. The van der Waals surface area contributed by atoms with Crippen LogP contribution < -0.4 is 5.73 Å². The van der Waals surface area contributed by atoms with Gasteiger partial charge in [0.15, 0.2) is 0 Å². The van der Waals surface area contributed by atoms with Crippen LogP contribution >= 0.6 is 0 Å². The number of allylic oxidation sites excluding steroid dienone is 4. The Labute approximate surface area is 94.7 Å². The van der Waals surface area contributed by atoms with E-state index in [-0.39, 0.29) is 0 Å². The van der Waals surface area contributed by atoms with E-state index in [0.29, 0.717) is 11.5 Å². The van der Waals surface area contributed by atoms with E-state index < -0.39 is 5.91 Å². The summed E-state index contributed by atoms with van der Waals surface area (Å²) < 4.78 is 0. The molecule has 82 valence electrons. The van der Waals surface area contributed by atoms with Crippen LogP contribution in [0.15, 0.2) is 42.6 Å². The average Bonchev–Trinajstić information content (AvgIpc) is 2.31. The molecule has 0 fully saturated rings. The summed E-state index contributed by atoms with van der Waals surface area (Å²) in [6.07, 6.45) is 11.8. The molecule has 0 saturated heterocycles. The van der Waals surface area contributed by atoms with E-state index in [1.807, 2.05) is 12.2 Å². The average molecular weight is 214 g/mol. The maximum atomic E-state index is 11.2. The number of nitrogens with zero attached hydrogens (tertiary/aromatic N) is 1. The first-order valence-electron chi connectivity index (χ1n) is 5.34. The summed E-state index contributed by atoms with van der Waals surface area (Å²) in [6.45, 7) is 0. The first kappa shape index (κ1) is 10.6. The molecule has 1 unspecified atom stereocenters. The minimum atomic E-state index is -0.404. The molecular weight excluding hydrogens is 200 g/mol. The van der Waals surface area contributed by atoms with Crippen LogP contribution in [-0.4, -0.2) is 10.9 Å². The Balaban J connectivity index is 2.17. The first-order valence-corrected chi connectivity index (χ1v) is 5.34. The predicted octanol–water partition coefficient (Wildman–Crippen LogP) is 1.86. The van der Waals surface area contributed by atoms with Crippen molar-refractivity contribution in [1.29, 1.82) is 0 Å². The van der Waals surface area contributed by atoms with Crippen LogP contribution in [0.3, 0.4) is 0 Å². The number of aromatic nitrogens is 1. The van der Waals surface area contributed by atoms with E-state index in [9.17, 15) is 4.79 Å². The van der Waals surface area contributed by atoms with Crippen LogP contribution in [0, 0.1) is 5.92 Å². The van der Waals surface area contributed by atoms with Gasteiger partial charge < -0.3 is 5.73 Å². The molecule has 0 aliphatic heterocycles. The van der Waals surface area contributed by atoms with E-state index in [2.05, 4.69) is 17.1 Å². The molecule has 1 amide bonds. The number of nitrogens with two attached hydrogens (primary N) is 1. The fraction of sp³-hybridized carbons (Fsp3) is 0.231. The zero-order valence-corrected chi connectivity index (χ0v) is 8.97. The maximum Gasteiger partial charge on any atom is 0.250 e. The Morgan fingerprint density at radius 2 is 2.38 bits per heavy atom. The fourth-order valence-electron chi connectivity index (χ4n) is 1.86. The van der Waals surface area contributed by atoms with Crippen molar-refractivity contribution in [3.63, 3.8) is 0 Å². The Hall–Kier alpha value is -1.90. The molecular formula is C13H14N2O. The van der Waals surface area contributed by atoms with Gasteiger partial charge in [-0.25, -0.2) is 0 Å². The molecule has 2 rings (SSSR count). The molecule has 1 aromatic heterocycles. The second-order valence-electron chi connectivity index (χ2n) is 3.87. The molecule has 2 N–H and O–H groups in total. The van der Waals surface area contributed by atoms with Gasteiger partial charge in [-0.2, -0.15) is 0 Å². The van der Waals surface area contributed by atoms with Crippen LogP contribution in [0.4, 0.5) is 0 Å². The van der Waals surface area contributed by atoms with Gasteiger partial charge in [0, 0.05) is 6.20 Å². The minimum absolute atomic E-state index is 0.404. The zero-order valence-electron chi connectivity index (χ0n) is 8.97. The van der Waals surface area contributed by atoms with E-state index >= 15 is 0 Å². The Morgan fingerprint density at radius 3 is 3.06 bits per heavy atom. The summed E-state index contributed by atoms with van der Waals surface area (Å²) in [5, 5.41) is 0. The first-order chi connectivity index (χ1) is 7.77. The van der Waals surface area contributed by atoms with Crippen molar-refractivity contribution >= 4 is 5.91 Å². The monoisotopic (exact) mass is 214 g/mol. The van der Waals surface area contributed by atoms with Crippen molar-refractivity contribution in [2.45, 2.75) is 12.8 Å². The summed E-state index contributed by atoms with van der Waals surface area (Å²) in [6, 6.07) is 3.47. The summed E-state index contributed by atoms with van der Waals surface area (Å²) in [4.78, 5) is 15.4. The van der Waals surface area contributed by atoms with Crippen LogP contribution in [-0.2, 0) is 6.42 Å². The number of hydrogen-bond acceptors (Lipinski definition) is 2. The Bertz CT molecular complexity index is 449. The van der Waals surface area contributed by atoms with Crippen LogP contribution in [0.2, 0.25) is 0 Å². The molecule has 16 heavy (non-hydrogen) atoms. The molecule has 1 aliphatic carbocycles. The summed E-state index contributed by atoms with van der Waals surface area (Å²) in [5.41, 5.74) is 6.63. The third-order valence-electron chi connectivity index (χ3n) is 2.68. The minimum Gasteiger partial charge on any atom is -0.366 e. The highest BCUT2D eigenvalue weighted by atomic mass is 16.1. The number of carbonyl (C=O) groups excluding carboxylic acids is 1. The quantitative estimate of drug-likeness (QED) is 0.834. The van der Waals surface area contributed by atoms with E-state index in [1.54, 1.807) is 18.3 Å². The van der Waals surface area contributed by atoms with Crippen molar-refractivity contribution in [2.24, 2.45) is 11.7 Å². The van der Waals surface area contributed by atoms with Crippen molar-refractivity contribution in [2.75, 3.05) is 0 Å². The molecule has 0 aromatic carbocycles. The zero-order chi connectivity index (χ0) is 11.4. The van der Waals surface area contributed by atoms with Gasteiger partial charge in [0.2, 0.25) is 0 Å². The second-order valence-corrected chi connectivity index (χ2v) is 3.87. The molecule has 1 aliphatic rings. The molecule has 1 atom stereocenters. The van der Waals surface area contributed by atoms with Crippen LogP contribution in [0.1, 0.15) is 22.5 Å². The fourth-order valence-corrected chi connectivity index (χ4v) is 1.86. The smallest absolute Gasteiger partial charge is 0.250 e. The van der Waals surface area contributed by atoms with Crippen molar-refractivity contribution in [1.82, 2.24) is 4.98 Å². The van der Waals surface area contributed by atoms with Gasteiger partial charge in [-0.15, -0.1) is 0 Å². The largest absolute Gasteiger partial charge is 0.366 e. The third kappa shape index (κ3) is 2.37. The van der Waals surface area contributed by atoms with E-state index in [1.165, 1.54) is 0 Å². The lowest BCUT2D eigenvalue weighted by Crippen LogP contribution is -2.16. The summed E-state index contributed by atoms with van der Waals surface area (Å²) in [5.74, 6) is 0.0106. The van der Waals surface area contributed by atoms with Crippen molar-refractivity contribution < 1.29 is 4.79 Å². The SMILES string of the molecule is NC(=O)c1cccnc1CC1C=CC=CC1. The van der Waals surface area contributed by atoms with E-state index in [0.717, 1.165) is 18.5 Å². The van der Waals surface area contributed by atoms with Gasteiger partial charge in [0.1, 0.15) is 0 Å². The van der Waals surface area contributed by atoms with Crippen molar-refractivity contribution in [3.05, 3.63) is 53.9 Å². The van der Waals surface area contributed by atoms with Gasteiger partial charge >= 0.3 is 0 Å². The summed E-state index contributed by atoms with van der Waals surface area (Å²) >= 11 is 0. The molecule has 0 radical (unpaired) electrons. The van der Waals surface area contributed by atoms with Gasteiger partial charge in [-0.3, -0.25) is 9.78 Å². The number of carbonyl (C=O) groups is 1. The molecule has 1 aromatic rings. The van der Waals surface area contributed by atoms with E-state index in [4.69, 9.17) is 5.73 Å². The molecule has 3 heteroatoms. The van der Waals surface area contributed by atoms with Gasteiger partial charge in [0.05, 0.1) is 11.3 Å². The highest BCUT2D eigenvalue weighted by Gasteiger charge is 2.13. The lowest BCUT2D eigenvalue weighted by atomic mass is 9.94. The second kappa shape index (κ2) is 4.75. The topological polar surface area (TPSA) is 56.0 Å². The number of rotatable bonds is 3. The molecule has 1 heterocycles. The lowest BCUT2D eigenvalue weighted by molar-refractivity contribution is 0.0999. The maximum absolute atomic E-state index is 11.2. The molecule has 0 saturated carbocycles.